The van der Waals surface area contributed by atoms with E-state index < -0.39 is 0 Å². The number of aryl methyl sites for hydroxylation is 1. The van der Waals surface area contributed by atoms with Gasteiger partial charge in [-0.05, 0) is 37.1 Å². The van der Waals surface area contributed by atoms with Crippen molar-refractivity contribution in [2.24, 2.45) is 10.8 Å². The second-order valence-electron chi connectivity index (χ2n) is 3.52. The molecule has 4 N–H and O–H groups in total. The Bertz CT molecular complexity index is 356. The summed E-state index contributed by atoms with van der Waals surface area (Å²) in [7, 11) is 0. The van der Waals surface area contributed by atoms with E-state index in [1.54, 1.807) is 0 Å². The molecule has 0 aliphatic rings. The van der Waals surface area contributed by atoms with Crippen molar-refractivity contribution in [3.8, 4) is 0 Å². The number of anilines is 1. The monoisotopic (exact) mass is 224 g/mol. The molecule has 88 valence electrons. The number of nitrogens with zero attached hydrogens (tertiary/aromatic N) is 1. The van der Waals surface area contributed by atoms with Crippen LogP contribution in [0.25, 0.3) is 0 Å². The van der Waals surface area contributed by atoms with Gasteiger partial charge in [-0.3, -0.25) is 10.4 Å². The van der Waals surface area contributed by atoms with Crippen molar-refractivity contribution in [2.45, 2.75) is 20.3 Å². The van der Waals surface area contributed by atoms with Gasteiger partial charge in [0, 0.05) is 12.2 Å². The molecular weight excluding hydrogens is 207 g/mol. The maximum Gasteiger partial charge on any atom is 0.210 e. The van der Waals surface area contributed by atoms with Crippen molar-refractivity contribution in [1.82, 2.24) is 5.43 Å². The van der Waals surface area contributed by atoms with Crippen molar-refractivity contribution in [3.05, 3.63) is 29.6 Å². The van der Waals surface area contributed by atoms with E-state index in [0.29, 0.717) is 18.2 Å². The number of benzene rings is 1. The van der Waals surface area contributed by atoms with Gasteiger partial charge in [-0.15, -0.1) is 0 Å². The van der Waals surface area contributed by atoms with E-state index in [4.69, 9.17) is 5.84 Å². The molecule has 1 rings (SSSR count). The lowest BCUT2D eigenvalue weighted by atomic mass is 10.2. The fraction of sp³-hybridized carbons (Fsp3) is 0.364. The largest absolute Gasteiger partial charge is 0.325 e. The minimum absolute atomic E-state index is 0.283. The first-order valence-corrected chi connectivity index (χ1v) is 5.21. The summed E-state index contributed by atoms with van der Waals surface area (Å²) in [6, 6.07) is 4.68. The van der Waals surface area contributed by atoms with E-state index in [0.717, 1.165) is 12.0 Å². The zero-order chi connectivity index (χ0) is 12.0. The van der Waals surface area contributed by atoms with Crippen molar-refractivity contribution in [2.75, 3.05) is 11.9 Å². The normalized spacial score (nSPS) is 11.4. The third kappa shape index (κ3) is 3.86. The molecule has 0 fully saturated rings. The number of nitrogens with two attached hydrogens (primary N) is 1. The van der Waals surface area contributed by atoms with Crippen LogP contribution in [0.5, 0.6) is 0 Å². The fourth-order valence-electron chi connectivity index (χ4n) is 1.29. The van der Waals surface area contributed by atoms with E-state index >= 15 is 0 Å². The van der Waals surface area contributed by atoms with E-state index in [1.807, 2.05) is 19.9 Å². The lowest BCUT2D eigenvalue weighted by Crippen LogP contribution is -2.36. The van der Waals surface area contributed by atoms with Gasteiger partial charge in [-0.25, -0.2) is 10.2 Å². The summed E-state index contributed by atoms with van der Waals surface area (Å²) < 4.78 is 13.1. The molecule has 4 nitrogen and oxygen atoms in total. The summed E-state index contributed by atoms with van der Waals surface area (Å²) in [5.74, 6) is 5.45. The molecule has 0 bridgehead atoms. The molecule has 0 aliphatic heterocycles. The zero-order valence-corrected chi connectivity index (χ0v) is 9.55. The predicted octanol–water partition coefficient (Wildman–Crippen LogP) is 1.78. The second-order valence-corrected chi connectivity index (χ2v) is 3.52. The molecule has 0 heterocycles. The molecule has 1 aromatic carbocycles. The van der Waals surface area contributed by atoms with Crippen molar-refractivity contribution < 1.29 is 4.39 Å². The van der Waals surface area contributed by atoms with Gasteiger partial charge in [0.05, 0.1) is 0 Å². The minimum Gasteiger partial charge on any atom is -0.325 e. The second kappa shape index (κ2) is 6.07. The van der Waals surface area contributed by atoms with Crippen LogP contribution in [0.3, 0.4) is 0 Å². The molecule has 0 saturated heterocycles. The highest BCUT2D eigenvalue weighted by Crippen LogP contribution is 2.12. The van der Waals surface area contributed by atoms with Gasteiger partial charge in [0.15, 0.2) is 0 Å². The summed E-state index contributed by atoms with van der Waals surface area (Å²) in [5.41, 5.74) is 3.91. The van der Waals surface area contributed by atoms with Crippen molar-refractivity contribution >= 4 is 11.6 Å². The van der Waals surface area contributed by atoms with Crippen LogP contribution in [-0.2, 0) is 0 Å². The predicted molar refractivity (Wildman–Crippen MR) is 64.7 cm³/mol. The zero-order valence-electron chi connectivity index (χ0n) is 9.55. The molecule has 0 aliphatic carbocycles. The first kappa shape index (κ1) is 12.4. The average Bonchev–Trinajstić information content (AvgIpc) is 2.22. The first-order valence-electron chi connectivity index (χ1n) is 5.21. The molecule has 0 atom stereocenters. The number of aliphatic imine (C=N–C) groups is 1. The third-order valence-corrected chi connectivity index (χ3v) is 1.94. The molecule has 1 aromatic rings. The molecule has 0 aromatic heterocycles. The third-order valence-electron chi connectivity index (χ3n) is 1.94. The average molecular weight is 224 g/mol. The number of hydrogen-bond donors (Lipinski definition) is 3. The van der Waals surface area contributed by atoms with Gasteiger partial charge in [0.2, 0.25) is 5.96 Å². The van der Waals surface area contributed by atoms with Crippen LogP contribution in [0.15, 0.2) is 23.2 Å². The standard InChI is InChI=1S/C11H17FN4/c1-3-4-14-11(16-13)15-10-6-8(2)5-9(12)7-10/h5-7H,3-4,13H2,1-2H3,(H2,14,15,16). The lowest BCUT2D eigenvalue weighted by molar-refractivity contribution is 0.627. The van der Waals surface area contributed by atoms with E-state index in [1.165, 1.54) is 12.1 Å². The topological polar surface area (TPSA) is 62.4 Å². The summed E-state index contributed by atoms with van der Waals surface area (Å²) in [5, 5.41) is 2.92. The summed E-state index contributed by atoms with van der Waals surface area (Å²) in [6.45, 7) is 4.51. The number of guanidine groups is 1. The van der Waals surface area contributed by atoms with Crippen molar-refractivity contribution in [1.29, 1.82) is 0 Å². The maximum atomic E-state index is 13.1. The summed E-state index contributed by atoms with van der Waals surface area (Å²) >= 11 is 0. The van der Waals surface area contributed by atoms with Crippen LogP contribution in [0.1, 0.15) is 18.9 Å². The van der Waals surface area contributed by atoms with Crippen LogP contribution in [0.4, 0.5) is 10.1 Å². The van der Waals surface area contributed by atoms with E-state index in [-0.39, 0.29) is 5.82 Å². The Hall–Kier alpha value is -1.62. The molecule has 0 amide bonds. The number of rotatable bonds is 3. The van der Waals surface area contributed by atoms with Gasteiger partial charge < -0.3 is 5.32 Å². The van der Waals surface area contributed by atoms with Crippen molar-refractivity contribution in [3.63, 3.8) is 0 Å². The quantitative estimate of drug-likeness (QED) is 0.317. The highest BCUT2D eigenvalue weighted by molar-refractivity contribution is 5.93. The molecule has 0 spiro atoms. The number of hydrazine groups is 1. The Morgan fingerprint density at radius 1 is 1.44 bits per heavy atom. The van der Waals surface area contributed by atoms with Gasteiger partial charge in [0.25, 0.3) is 0 Å². The Balaban J connectivity index is 2.77. The summed E-state index contributed by atoms with van der Waals surface area (Å²) in [4.78, 5) is 4.16. The summed E-state index contributed by atoms with van der Waals surface area (Å²) in [6.07, 6.45) is 0.926. The van der Waals surface area contributed by atoms with Crippen LogP contribution >= 0.6 is 0 Å². The molecule has 0 saturated carbocycles. The van der Waals surface area contributed by atoms with E-state index in [9.17, 15) is 4.39 Å². The smallest absolute Gasteiger partial charge is 0.210 e. The van der Waals surface area contributed by atoms with Gasteiger partial charge in [0.1, 0.15) is 5.82 Å². The van der Waals surface area contributed by atoms with Crippen LogP contribution in [0.2, 0.25) is 0 Å². The Morgan fingerprint density at radius 3 is 2.75 bits per heavy atom. The van der Waals surface area contributed by atoms with Crippen LogP contribution in [-0.4, -0.2) is 12.5 Å². The molecule has 16 heavy (non-hydrogen) atoms. The molecular formula is C11H17FN4. The van der Waals surface area contributed by atoms with Crippen LogP contribution < -0.4 is 16.6 Å². The highest BCUT2D eigenvalue weighted by Gasteiger charge is 2.00. The maximum absolute atomic E-state index is 13.1. The van der Waals surface area contributed by atoms with Gasteiger partial charge >= 0.3 is 0 Å². The lowest BCUT2D eigenvalue weighted by Gasteiger charge is -2.09. The minimum atomic E-state index is -0.283. The molecule has 5 heteroatoms. The molecule has 0 unspecified atom stereocenters. The number of hydrogen-bond acceptors (Lipinski definition) is 2. The molecule has 0 radical (unpaired) electrons. The Labute approximate surface area is 94.7 Å². The van der Waals surface area contributed by atoms with Crippen LogP contribution in [0, 0.1) is 12.7 Å². The first-order chi connectivity index (χ1) is 7.65. The van der Waals surface area contributed by atoms with Gasteiger partial charge in [-0.2, -0.15) is 0 Å². The highest BCUT2D eigenvalue weighted by atomic mass is 19.1. The fourth-order valence-corrected chi connectivity index (χ4v) is 1.29. The van der Waals surface area contributed by atoms with Gasteiger partial charge in [-0.1, -0.05) is 6.92 Å². The number of halogens is 1. The SMILES string of the molecule is CCCN=C(NN)Nc1cc(C)cc(F)c1. The Morgan fingerprint density at radius 2 is 2.19 bits per heavy atom. The Kier molecular flexibility index (Phi) is 4.72. The van der Waals surface area contributed by atoms with E-state index in [2.05, 4.69) is 15.7 Å². The number of nitrogens with one attached hydrogen (secondary N) is 2.